The quantitative estimate of drug-likeness (QED) is 0.288. The smallest absolute Gasteiger partial charge is 0.349 e. The van der Waals surface area contributed by atoms with Crippen molar-refractivity contribution in [3.05, 3.63) is 101 Å². The Bertz CT molecular complexity index is 1480. The highest BCUT2D eigenvalue weighted by molar-refractivity contribution is 6.37. The maximum Gasteiger partial charge on any atom is 0.418 e. The lowest BCUT2D eigenvalue weighted by molar-refractivity contribution is -0.137. The van der Waals surface area contributed by atoms with Crippen LogP contribution in [0, 0.1) is 17.7 Å². The highest BCUT2D eigenvalue weighted by Gasteiger charge is 2.75. The van der Waals surface area contributed by atoms with Crippen molar-refractivity contribution in [2.75, 3.05) is 4.90 Å². The summed E-state index contributed by atoms with van der Waals surface area (Å²) in [4.78, 5) is 55.2. The van der Waals surface area contributed by atoms with Gasteiger partial charge >= 0.3 is 6.18 Å². The van der Waals surface area contributed by atoms with Crippen LogP contribution in [0.4, 0.5) is 23.2 Å². The van der Waals surface area contributed by atoms with Crippen LogP contribution < -0.4 is 4.90 Å². The molecule has 10 heteroatoms. The van der Waals surface area contributed by atoms with E-state index in [0.717, 1.165) is 30.3 Å². The minimum atomic E-state index is -4.89. The zero-order chi connectivity index (χ0) is 26.3. The summed E-state index contributed by atoms with van der Waals surface area (Å²) >= 11 is 0. The van der Waals surface area contributed by atoms with Crippen LogP contribution in [0.2, 0.25) is 0 Å². The predicted molar refractivity (Wildman–Crippen MR) is 119 cm³/mol. The van der Waals surface area contributed by atoms with Gasteiger partial charge in [-0.2, -0.15) is 13.2 Å². The average Bonchev–Trinajstić information content (AvgIpc) is 3.44. The number of alkyl halides is 3. The molecule has 0 radical (unpaired) electrons. The molecule has 1 aliphatic carbocycles. The van der Waals surface area contributed by atoms with Crippen molar-refractivity contribution in [2.45, 2.75) is 17.9 Å². The Hall–Kier alpha value is -4.18. The molecule has 3 aromatic carbocycles. The topological polar surface area (TPSA) is 80.8 Å². The van der Waals surface area contributed by atoms with E-state index in [-0.39, 0.29) is 16.7 Å². The molecule has 0 aromatic heterocycles. The van der Waals surface area contributed by atoms with Gasteiger partial charge in [-0.15, -0.1) is 0 Å². The van der Waals surface area contributed by atoms with Crippen molar-refractivity contribution in [3.63, 3.8) is 0 Å². The van der Waals surface area contributed by atoms with Crippen LogP contribution in [0.5, 0.6) is 0 Å². The Balaban J connectivity index is 1.56. The molecule has 2 heterocycles. The number of anilines is 1. The summed E-state index contributed by atoms with van der Waals surface area (Å²) in [5.74, 6) is -7.71. The molecule has 3 aromatic rings. The van der Waals surface area contributed by atoms with Crippen LogP contribution >= 0.6 is 0 Å². The van der Waals surface area contributed by atoms with Gasteiger partial charge in [0.25, 0.3) is 0 Å². The number of carbonyl (C=O) groups excluding carboxylic acids is 4. The van der Waals surface area contributed by atoms with Gasteiger partial charge < -0.3 is 4.74 Å². The number of fused-ring (bicyclic) bond motifs is 3. The number of carbonyl (C=O) groups is 4. The molecule has 3 aliphatic rings. The molecular weight excluding hydrogens is 494 g/mol. The lowest BCUT2D eigenvalue weighted by Gasteiger charge is -2.28. The highest BCUT2D eigenvalue weighted by Crippen LogP contribution is 2.58. The van der Waals surface area contributed by atoms with Gasteiger partial charge in [0.2, 0.25) is 29.0 Å². The van der Waals surface area contributed by atoms with Crippen LogP contribution in [-0.4, -0.2) is 29.0 Å². The van der Waals surface area contributed by atoms with Gasteiger partial charge in [-0.1, -0.05) is 48.5 Å². The van der Waals surface area contributed by atoms with E-state index in [0.29, 0.717) is 4.90 Å². The first-order valence-corrected chi connectivity index (χ1v) is 11.2. The molecular formula is C27H15F4NO5. The molecule has 2 amide bonds. The zero-order valence-corrected chi connectivity index (χ0v) is 18.7. The largest absolute Gasteiger partial charge is 0.418 e. The van der Waals surface area contributed by atoms with E-state index in [1.807, 2.05) is 0 Å². The minimum absolute atomic E-state index is 0.0135. The van der Waals surface area contributed by atoms with Crippen molar-refractivity contribution in [2.24, 2.45) is 11.8 Å². The number of imide groups is 1. The zero-order valence-electron chi connectivity index (χ0n) is 18.7. The fraction of sp³-hybridized carbons (Fsp3) is 0.185. The number of benzene rings is 3. The third-order valence-electron chi connectivity index (χ3n) is 7.17. The van der Waals surface area contributed by atoms with Crippen molar-refractivity contribution >= 4 is 29.1 Å². The van der Waals surface area contributed by atoms with E-state index in [9.17, 15) is 36.7 Å². The molecule has 0 N–H and O–H groups in total. The average molecular weight is 509 g/mol. The summed E-state index contributed by atoms with van der Waals surface area (Å²) in [5.41, 5.74) is -4.21. The van der Waals surface area contributed by atoms with Crippen molar-refractivity contribution in [1.29, 1.82) is 0 Å². The van der Waals surface area contributed by atoms with Crippen LogP contribution in [0.3, 0.4) is 0 Å². The highest BCUT2D eigenvalue weighted by atomic mass is 19.4. The Morgan fingerprint density at radius 3 is 1.92 bits per heavy atom. The lowest BCUT2D eigenvalue weighted by Crippen LogP contribution is -2.51. The molecule has 0 bridgehead atoms. The number of rotatable bonds is 2. The fourth-order valence-electron chi connectivity index (χ4n) is 5.62. The normalized spacial score (nSPS) is 24.2. The summed E-state index contributed by atoms with van der Waals surface area (Å²) in [6.45, 7) is 0. The van der Waals surface area contributed by atoms with Crippen molar-refractivity contribution < 1.29 is 41.5 Å². The monoisotopic (exact) mass is 509 g/mol. The van der Waals surface area contributed by atoms with E-state index in [1.54, 1.807) is 0 Å². The lowest BCUT2D eigenvalue weighted by atomic mass is 9.77. The molecule has 6 rings (SSSR count). The molecule has 2 saturated heterocycles. The SMILES string of the molecule is O=C1[C@@H]2[C@@H](c3ccc(F)cc3)OC3(C(=O)c4ccccc4C3=O)[C@H]2C(=O)N1c1ccccc1C(F)(F)F. The van der Waals surface area contributed by atoms with Crippen LogP contribution in [0.15, 0.2) is 72.8 Å². The predicted octanol–water partition coefficient (Wildman–Crippen LogP) is 4.54. The number of ketones is 2. The number of para-hydroxylation sites is 1. The Kier molecular flexibility index (Phi) is 4.81. The van der Waals surface area contributed by atoms with Crippen LogP contribution in [0.1, 0.15) is 37.9 Å². The first-order chi connectivity index (χ1) is 17.6. The second-order valence-electron chi connectivity index (χ2n) is 9.06. The van der Waals surface area contributed by atoms with Crippen LogP contribution in [0.25, 0.3) is 0 Å². The second kappa shape index (κ2) is 7.66. The van der Waals surface area contributed by atoms with E-state index in [2.05, 4.69) is 0 Å². The first kappa shape index (κ1) is 23.2. The summed E-state index contributed by atoms with van der Waals surface area (Å²) < 4.78 is 61.1. The third-order valence-corrected chi connectivity index (χ3v) is 7.17. The van der Waals surface area contributed by atoms with Crippen molar-refractivity contribution in [3.8, 4) is 0 Å². The standard InChI is InChI=1S/C27H15F4NO5/c28-14-11-9-13(10-12-14)21-19-20(26(37-21)22(33)15-5-1-2-6-16(15)23(26)34)25(36)32(24(19)35)18-8-4-3-7-17(18)27(29,30)31/h1-12,19-21H/t19-,20+,21+/m0/s1. The fourth-order valence-corrected chi connectivity index (χ4v) is 5.62. The number of hydrogen-bond donors (Lipinski definition) is 0. The Morgan fingerprint density at radius 2 is 1.32 bits per heavy atom. The Labute approximate surface area is 206 Å². The summed E-state index contributed by atoms with van der Waals surface area (Å²) in [7, 11) is 0. The van der Waals surface area contributed by atoms with E-state index in [4.69, 9.17) is 4.74 Å². The van der Waals surface area contributed by atoms with Gasteiger partial charge in [-0.3, -0.25) is 19.2 Å². The minimum Gasteiger partial charge on any atom is -0.349 e. The number of amides is 2. The Morgan fingerprint density at radius 1 is 0.757 bits per heavy atom. The summed E-state index contributed by atoms with van der Waals surface area (Å²) in [5, 5.41) is 0. The number of hydrogen-bond acceptors (Lipinski definition) is 5. The summed E-state index contributed by atoms with van der Waals surface area (Å²) in [6, 6.07) is 14.6. The summed E-state index contributed by atoms with van der Waals surface area (Å²) in [6.07, 6.45) is -6.26. The molecule has 2 fully saturated rings. The van der Waals surface area contributed by atoms with Gasteiger partial charge in [0.05, 0.1) is 29.2 Å². The number of halogens is 4. The molecule has 0 saturated carbocycles. The van der Waals surface area contributed by atoms with Gasteiger partial charge in [0, 0.05) is 11.1 Å². The molecule has 186 valence electrons. The number of Topliss-reactive ketones (excluding diaryl/α,β-unsaturated/α-hetero) is 2. The van der Waals surface area contributed by atoms with E-state index >= 15 is 0 Å². The maximum atomic E-state index is 13.8. The second-order valence-corrected chi connectivity index (χ2v) is 9.06. The third kappa shape index (κ3) is 3.02. The first-order valence-electron chi connectivity index (χ1n) is 11.2. The van der Waals surface area contributed by atoms with E-state index in [1.165, 1.54) is 42.5 Å². The van der Waals surface area contributed by atoms with Gasteiger partial charge in [0.1, 0.15) is 5.82 Å². The molecule has 1 spiro atoms. The molecule has 2 aliphatic heterocycles. The van der Waals surface area contributed by atoms with Gasteiger partial charge in [-0.25, -0.2) is 9.29 Å². The number of nitrogens with zero attached hydrogens (tertiary/aromatic N) is 1. The van der Waals surface area contributed by atoms with Crippen molar-refractivity contribution in [1.82, 2.24) is 0 Å². The molecule has 6 nitrogen and oxygen atoms in total. The van der Waals surface area contributed by atoms with Crippen LogP contribution in [-0.2, 0) is 20.5 Å². The molecule has 3 atom stereocenters. The number of ether oxygens (including phenoxy) is 1. The molecule has 0 unspecified atom stereocenters. The van der Waals surface area contributed by atoms with Gasteiger partial charge in [0.15, 0.2) is 0 Å². The molecule has 37 heavy (non-hydrogen) atoms. The van der Waals surface area contributed by atoms with Gasteiger partial charge in [-0.05, 0) is 29.8 Å². The maximum absolute atomic E-state index is 13.8. The van der Waals surface area contributed by atoms with E-state index < -0.39 is 70.2 Å².